The zero-order valence-corrected chi connectivity index (χ0v) is 27.2. The van der Waals surface area contributed by atoms with E-state index in [4.69, 9.17) is 16.3 Å². The number of nitrogens with one attached hydrogen (secondary N) is 3. The van der Waals surface area contributed by atoms with E-state index < -0.39 is 35.6 Å². The number of nitrogens with zero attached hydrogens (tertiary/aromatic N) is 2. The predicted octanol–water partition coefficient (Wildman–Crippen LogP) is 3.46. The van der Waals surface area contributed by atoms with Gasteiger partial charge < -0.3 is 30.7 Å². The number of benzene rings is 1. The third kappa shape index (κ3) is 8.54. The summed E-state index contributed by atoms with van der Waals surface area (Å²) in [5.41, 5.74) is 3.73. The number of rotatable bonds is 10. The molecule has 1 aromatic carbocycles. The second kappa shape index (κ2) is 14.5. The van der Waals surface area contributed by atoms with Crippen LogP contribution in [0.2, 0.25) is 5.02 Å². The number of amides is 3. The summed E-state index contributed by atoms with van der Waals surface area (Å²) in [5.74, 6) is -0.750. The first-order valence-corrected chi connectivity index (χ1v) is 16.2. The average molecular weight is 634 g/mol. The number of thiazole rings is 1. The Balaban J connectivity index is 1.39. The van der Waals surface area contributed by atoms with Crippen LogP contribution in [0, 0.1) is 18.3 Å². The smallest absolute Gasteiger partial charge is 0.246 e. The van der Waals surface area contributed by atoms with Crippen LogP contribution in [0.25, 0.3) is 10.4 Å². The molecule has 4 N–H and O–H groups in total. The summed E-state index contributed by atoms with van der Waals surface area (Å²) in [4.78, 5) is 46.8. The summed E-state index contributed by atoms with van der Waals surface area (Å²) in [6.45, 7) is 11.6. The Kier molecular flexibility index (Phi) is 11.2. The van der Waals surface area contributed by atoms with Crippen LogP contribution < -0.4 is 16.0 Å². The molecule has 2 aromatic rings. The summed E-state index contributed by atoms with van der Waals surface area (Å²) in [5, 5.41) is 20.2. The molecule has 2 aliphatic heterocycles. The van der Waals surface area contributed by atoms with Gasteiger partial charge in [-0.3, -0.25) is 14.4 Å². The van der Waals surface area contributed by atoms with Crippen LogP contribution in [0.3, 0.4) is 0 Å². The van der Waals surface area contributed by atoms with Gasteiger partial charge in [0.15, 0.2) is 0 Å². The molecule has 0 spiro atoms. The van der Waals surface area contributed by atoms with Crippen LogP contribution in [0.1, 0.15) is 64.3 Å². The van der Waals surface area contributed by atoms with E-state index in [1.54, 1.807) is 5.51 Å². The summed E-state index contributed by atoms with van der Waals surface area (Å²) < 4.78 is 5.68. The van der Waals surface area contributed by atoms with E-state index in [1.165, 1.54) is 16.2 Å². The molecule has 2 unspecified atom stereocenters. The maximum atomic E-state index is 13.8. The number of carbonyl (C=O) groups excluding carboxylic acids is 3. The quantitative estimate of drug-likeness (QED) is 0.315. The van der Waals surface area contributed by atoms with Crippen molar-refractivity contribution in [3.05, 3.63) is 40.0 Å². The van der Waals surface area contributed by atoms with Crippen LogP contribution in [0.4, 0.5) is 0 Å². The maximum Gasteiger partial charge on any atom is 0.246 e. The Hall–Kier alpha value is -2.57. The van der Waals surface area contributed by atoms with Crippen LogP contribution >= 0.6 is 22.9 Å². The highest BCUT2D eigenvalue weighted by molar-refractivity contribution is 7.13. The topological polar surface area (TPSA) is 133 Å². The highest BCUT2D eigenvalue weighted by atomic mass is 35.5. The Morgan fingerprint density at radius 2 is 1.95 bits per heavy atom. The van der Waals surface area contributed by atoms with E-state index in [2.05, 4.69) is 20.9 Å². The molecule has 0 bridgehead atoms. The van der Waals surface area contributed by atoms with Crippen molar-refractivity contribution in [1.29, 1.82) is 0 Å². The molecule has 43 heavy (non-hydrogen) atoms. The number of halogens is 1. The molecule has 3 heterocycles. The third-order valence-electron chi connectivity index (χ3n) is 8.17. The maximum absolute atomic E-state index is 13.8. The van der Waals surface area contributed by atoms with E-state index >= 15 is 0 Å². The number of aryl methyl sites for hydroxylation is 1. The first-order chi connectivity index (χ1) is 20.3. The highest BCUT2D eigenvalue weighted by Crippen LogP contribution is 2.35. The van der Waals surface area contributed by atoms with Gasteiger partial charge in [0, 0.05) is 23.6 Å². The molecule has 12 heteroatoms. The van der Waals surface area contributed by atoms with Crippen molar-refractivity contribution < 1.29 is 24.2 Å². The van der Waals surface area contributed by atoms with E-state index in [0.29, 0.717) is 17.5 Å². The molecule has 0 aliphatic carbocycles. The number of likely N-dealkylation sites (tertiary alicyclic amines) is 1. The molecule has 0 radical (unpaired) electrons. The minimum absolute atomic E-state index is 0.00862. The Morgan fingerprint density at radius 1 is 1.23 bits per heavy atom. The van der Waals surface area contributed by atoms with Gasteiger partial charge >= 0.3 is 0 Å². The number of ether oxygens (including phenoxy) is 1. The number of hydrogen-bond acceptors (Lipinski definition) is 8. The number of aliphatic hydroxyl groups excluding tert-OH is 1. The number of aliphatic hydroxyl groups is 1. The largest absolute Gasteiger partial charge is 0.391 e. The van der Waals surface area contributed by atoms with Gasteiger partial charge in [-0.15, -0.1) is 11.3 Å². The number of hydrogen-bond donors (Lipinski definition) is 4. The Bertz CT molecular complexity index is 1290. The molecule has 10 nitrogen and oxygen atoms in total. The van der Waals surface area contributed by atoms with Gasteiger partial charge in [0.05, 0.1) is 34.8 Å². The van der Waals surface area contributed by atoms with Gasteiger partial charge in [0.1, 0.15) is 18.7 Å². The lowest BCUT2D eigenvalue weighted by Gasteiger charge is -2.35. The number of carbonyl (C=O) groups is 3. The number of aromatic nitrogens is 1. The molecule has 2 aliphatic rings. The first-order valence-electron chi connectivity index (χ1n) is 14.9. The zero-order chi connectivity index (χ0) is 31.3. The monoisotopic (exact) mass is 633 g/mol. The van der Waals surface area contributed by atoms with Gasteiger partial charge in [-0.2, -0.15) is 0 Å². The SMILES string of the molecule is Cc1ncsc1-c1ccc(C(C)NC(=O)[C@@H]2C[C@@H](O)CN2C(=O)C(NC(=O)COCC2CCNCC2)C(C)(C)C)cc1Cl. The van der Waals surface area contributed by atoms with Gasteiger partial charge in [-0.05, 0) is 62.7 Å². The molecule has 236 valence electrons. The summed E-state index contributed by atoms with van der Waals surface area (Å²) in [6.07, 6.45) is 1.28. The van der Waals surface area contributed by atoms with Crippen LogP contribution in [0.5, 0.6) is 0 Å². The van der Waals surface area contributed by atoms with Gasteiger partial charge in [0.2, 0.25) is 17.7 Å². The molecular weight excluding hydrogens is 590 g/mol. The lowest BCUT2D eigenvalue weighted by atomic mass is 9.85. The molecule has 4 rings (SSSR count). The fourth-order valence-electron chi connectivity index (χ4n) is 5.63. The third-order valence-corrected chi connectivity index (χ3v) is 9.45. The van der Waals surface area contributed by atoms with E-state index in [0.717, 1.165) is 47.6 Å². The fourth-order valence-corrected chi connectivity index (χ4v) is 6.81. The molecule has 2 fully saturated rings. The van der Waals surface area contributed by atoms with Crippen molar-refractivity contribution in [2.75, 3.05) is 32.8 Å². The van der Waals surface area contributed by atoms with Crippen molar-refractivity contribution in [2.45, 2.75) is 78.1 Å². The van der Waals surface area contributed by atoms with Gasteiger partial charge in [-0.1, -0.05) is 44.5 Å². The standard InChI is InChI=1S/C31H44ClN5O5S/c1-18(21-6-7-23(24(32)12-21)27-19(2)34-17-43-27)35-29(40)25-13-22(38)14-37(25)30(41)28(31(3,4)5)36-26(39)16-42-15-20-8-10-33-11-9-20/h6-7,12,17-18,20,22,25,28,33,38H,8-11,13-16H2,1-5H3,(H,35,40)(H,36,39)/t18?,22-,25+,28?/m1/s1. The average Bonchev–Trinajstić information content (AvgIpc) is 3.56. The van der Waals surface area contributed by atoms with Crippen LogP contribution in [-0.4, -0.2) is 83.7 Å². The molecule has 3 amide bonds. The second-order valence-corrected chi connectivity index (χ2v) is 14.0. The van der Waals surface area contributed by atoms with Crippen molar-refractivity contribution in [3.63, 3.8) is 0 Å². The first kappa shape index (κ1) is 33.3. The van der Waals surface area contributed by atoms with Crippen molar-refractivity contribution in [1.82, 2.24) is 25.8 Å². The molecule has 4 atom stereocenters. The highest BCUT2D eigenvalue weighted by Gasteiger charge is 2.44. The molecule has 2 saturated heterocycles. The lowest BCUT2D eigenvalue weighted by Crippen LogP contribution is -2.58. The molecule has 1 aromatic heterocycles. The van der Waals surface area contributed by atoms with Crippen molar-refractivity contribution in [2.24, 2.45) is 11.3 Å². The second-order valence-electron chi connectivity index (χ2n) is 12.7. The fraction of sp³-hybridized carbons (Fsp3) is 0.613. The van der Waals surface area contributed by atoms with Crippen LogP contribution in [0.15, 0.2) is 23.7 Å². The Labute approximate surface area is 262 Å². The lowest BCUT2D eigenvalue weighted by molar-refractivity contribution is -0.144. The number of piperidine rings is 1. The van der Waals surface area contributed by atoms with Gasteiger partial charge in [0.25, 0.3) is 0 Å². The number of β-amino-alcohol motifs (C(OH)–C–C–N with tert-alkyl or cyclic N) is 1. The predicted molar refractivity (Wildman–Crippen MR) is 168 cm³/mol. The minimum Gasteiger partial charge on any atom is -0.391 e. The van der Waals surface area contributed by atoms with Crippen molar-refractivity contribution >= 4 is 40.7 Å². The van der Waals surface area contributed by atoms with Gasteiger partial charge in [-0.25, -0.2) is 4.98 Å². The van der Waals surface area contributed by atoms with Crippen molar-refractivity contribution in [3.8, 4) is 10.4 Å². The summed E-state index contributed by atoms with van der Waals surface area (Å²) in [6, 6.07) is 3.48. The van der Waals surface area contributed by atoms with Crippen LogP contribution in [-0.2, 0) is 19.1 Å². The van der Waals surface area contributed by atoms with E-state index in [1.807, 2.05) is 52.8 Å². The summed E-state index contributed by atoms with van der Waals surface area (Å²) in [7, 11) is 0. The molecular formula is C31H44ClN5O5S. The molecule has 0 saturated carbocycles. The normalized spacial score (nSPS) is 21.0. The minimum atomic E-state index is -0.901. The van der Waals surface area contributed by atoms with E-state index in [-0.39, 0.29) is 31.4 Å². The zero-order valence-electron chi connectivity index (χ0n) is 25.6. The van der Waals surface area contributed by atoms with E-state index in [9.17, 15) is 19.5 Å². The summed E-state index contributed by atoms with van der Waals surface area (Å²) >= 11 is 8.13. The Morgan fingerprint density at radius 3 is 2.58 bits per heavy atom.